The van der Waals surface area contributed by atoms with Gasteiger partial charge in [0.1, 0.15) is 11.4 Å². The number of nitrogens with one attached hydrogen (secondary N) is 1. The third-order valence-electron chi connectivity index (χ3n) is 5.87. The van der Waals surface area contributed by atoms with Gasteiger partial charge in [0.25, 0.3) is 0 Å². The van der Waals surface area contributed by atoms with Gasteiger partial charge in [-0.3, -0.25) is 9.78 Å². The van der Waals surface area contributed by atoms with Crippen molar-refractivity contribution in [1.29, 1.82) is 0 Å². The van der Waals surface area contributed by atoms with Gasteiger partial charge in [-0.15, -0.1) is 0 Å². The zero-order valence-corrected chi connectivity index (χ0v) is 17.4. The molecule has 162 valence electrons. The lowest BCUT2D eigenvalue weighted by atomic mass is 10.1. The van der Waals surface area contributed by atoms with Crippen LogP contribution in [0.3, 0.4) is 0 Å². The van der Waals surface area contributed by atoms with Crippen LogP contribution in [0.5, 0.6) is 0 Å². The molecule has 2 N–H and O–H groups in total. The minimum Gasteiger partial charge on any atom is -0.477 e. The fraction of sp³-hybridized carbons (Fsp3) is 0.208. The number of halogens is 1. The van der Waals surface area contributed by atoms with E-state index in [9.17, 15) is 14.7 Å². The number of hydrogen-bond acceptors (Lipinski definition) is 5. The van der Waals surface area contributed by atoms with E-state index in [2.05, 4.69) is 10.3 Å². The molecular formula is C24H21FN4O3. The van der Waals surface area contributed by atoms with Crippen LogP contribution in [0.2, 0.25) is 0 Å². The maximum atomic E-state index is 15.1. The van der Waals surface area contributed by atoms with E-state index in [-0.39, 0.29) is 11.4 Å². The summed E-state index contributed by atoms with van der Waals surface area (Å²) in [4.78, 5) is 31.0. The Morgan fingerprint density at radius 1 is 1.25 bits per heavy atom. The van der Waals surface area contributed by atoms with Crippen LogP contribution in [-0.4, -0.2) is 46.3 Å². The Labute approximate surface area is 182 Å². The number of para-hydroxylation sites is 1. The van der Waals surface area contributed by atoms with Crippen LogP contribution in [-0.2, 0) is 0 Å². The third-order valence-corrected chi connectivity index (χ3v) is 5.87. The number of pyridine rings is 2. The minimum atomic E-state index is -1.36. The molecule has 1 aliphatic heterocycles. The fourth-order valence-corrected chi connectivity index (χ4v) is 4.28. The van der Waals surface area contributed by atoms with Crippen molar-refractivity contribution >= 4 is 33.5 Å². The predicted molar refractivity (Wildman–Crippen MR) is 121 cm³/mol. The number of hydrogen-bond donors (Lipinski definition) is 2. The lowest BCUT2D eigenvalue weighted by Crippen LogP contribution is -2.49. The van der Waals surface area contributed by atoms with Crippen LogP contribution < -0.4 is 15.6 Å². The number of carbonyl (C=O) groups is 1. The average Bonchev–Trinajstić information content (AvgIpc) is 2.79. The smallest absolute Gasteiger partial charge is 0.341 e. The molecule has 4 aromatic rings. The maximum absolute atomic E-state index is 15.1. The molecule has 0 saturated carbocycles. The molecule has 1 aliphatic rings. The summed E-state index contributed by atoms with van der Waals surface area (Å²) in [6.45, 7) is 4.00. The molecule has 32 heavy (non-hydrogen) atoms. The highest BCUT2D eigenvalue weighted by molar-refractivity contribution is 5.94. The third kappa shape index (κ3) is 3.38. The van der Waals surface area contributed by atoms with Gasteiger partial charge in [0.2, 0.25) is 5.43 Å². The summed E-state index contributed by atoms with van der Waals surface area (Å²) < 4.78 is 16.7. The summed E-state index contributed by atoms with van der Waals surface area (Å²) in [6.07, 6.45) is 2.91. The maximum Gasteiger partial charge on any atom is 0.341 e. The van der Waals surface area contributed by atoms with Crippen molar-refractivity contribution in [3.8, 4) is 5.69 Å². The first-order valence-corrected chi connectivity index (χ1v) is 10.4. The number of piperazine rings is 1. The van der Waals surface area contributed by atoms with Crippen molar-refractivity contribution in [2.24, 2.45) is 0 Å². The summed E-state index contributed by atoms with van der Waals surface area (Å²) in [5.74, 6) is -1.91. The Morgan fingerprint density at radius 3 is 2.84 bits per heavy atom. The van der Waals surface area contributed by atoms with Crippen molar-refractivity contribution in [3.63, 3.8) is 0 Å². The second kappa shape index (κ2) is 7.72. The number of aromatic carboxylic acids is 1. The van der Waals surface area contributed by atoms with Gasteiger partial charge in [-0.1, -0.05) is 18.2 Å². The molecule has 0 amide bonds. The molecule has 5 rings (SSSR count). The zero-order chi connectivity index (χ0) is 22.4. The highest BCUT2D eigenvalue weighted by Gasteiger charge is 2.22. The van der Waals surface area contributed by atoms with Gasteiger partial charge in [0.05, 0.1) is 28.6 Å². The molecular weight excluding hydrogens is 411 g/mol. The number of carboxylic acids is 1. The normalized spacial score (nSPS) is 16.6. The van der Waals surface area contributed by atoms with Crippen LogP contribution in [0.4, 0.5) is 10.1 Å². The number of anilines is 1. The van der Waals surface area contributed by atoms with Crippen molar-refractivity contribution in [2.75, 3.05) is 24.5 Å². The fourth-order valence-electron chi connectivity index (χ4n) is 4.28. The molecule has 1 unspecified atom stereocenters. The molecule has 1 fully saturated rings. The van der Waals surface area contributed by atoms with Crippen LogP contribution in [0.25, 0.3) is 27.5 Å². The number of fused-ring (bicyclic) bond motifs is 2. The topological polar surface area (TPSA) is 87.5 Å². The van der Waals surface area contributed by atoms with E-state index in [0.717, 1.165) is 23.5 Å². The lowest BCUT2D eigenvalue weighted by molar-refractivity contribution is 0.0695. The van der Waals surface area contributed by atoms with Crippen molar-refractivity contribution in [3.05, 3.63) is 76.5 Å². The Bertz CT molecular complexity index is 1430. The van der Waals surface area contributed by atoms with Crippen LogP contribution >= 0.6 is 0 Å². The van der Waals surface area contributed by atoms with Gasteiger partial charge in [0.15, 0.2) is 0 Å². The van der Waals surface area contributed by atoms with E-state index < -0.39 is 22.8 Å². The van der Waals surface area contributed by atoms with E-state index in [0.29, 0.717) is 30.0 Å². The summed E-state index contributed by atoms with van der Waals surface area (Å²) in [7, 11) is 0. The Kier molecular flexibility index (Phi) is 4.86. The van der Waals surface area contributed by atoms with E-state index in [1.807, 2.05) is 42.2 Å². The largest absolute Gasteiger partial charge is 0.477 e. The first kappa shape index (κ1) is 20.1. The molecule has 0 aliphatic carbocycles. The Hall–Kier alpha value is -3.78. The zero-order valence-electron chi connectivity index (χ0n) is 17.4. The molecule has 1 atom stereocenters. The van der Waals surface area contributed by atoms with Crippen molar-refractivity contribution in [2.45, 2.75) is 13.0 Å². The van der Waals surface area contributed by atoms with Gasteiger partial charge < -0.3 is 19.9 Å². The highest BCUT2D eigenvalue weighted by Crippen LogP contribution is 2.28. The SMILES string of the molecule is CC1CN(c2cc3c(cc2F)c(=O)c(C(=O)O)cn3-c2cnc3ccccc3c2)CCN1. The van der Waals surface area contributed by atoms with E-state index in [1.54, 1.807) is 16.8 Å². The predicted octanol–water partition coefficient (Wildman–Crippen LogP) is 3.17. The number of rotatable bonds is 3. The number of nitrogens with zero attached hydrogens (tertiary/aromatic N) is 3. The highest BCUT2D eigenvalue weighted by atomic mass is 19.1. The summed E-state index contributed by atoms with van der Waals surface area (Å²) >= 11 is 0. The Balaban J connectivity index is 1.79. The number of aromatic nitrogens is 2. The lowest BCUT2D eigenvalue weighted by Gasteiger charge is -2.34. The second-order valence-corrected chi connectivity index (χ2v) is 8.06. The first-order chi connectivity index (χ1) is 15.4. The van der Waals surface area contributed by atoms with E-state index in [4.69, 9.17) is 0 Å². The molecule has 0 bridgehead atoms. The van der Waals surface area contributed by atoms with Gasteiger partial charge in [-0.2, -0.15) is 0 Å². The molecule has 3 heterocycles. The molecule has 0 radical (unpaired) electrons. The van der Waals surface area contributed by atoms with Gasteiger partial charge in [-0.25, -0.2) is 9.18 Å². The Morgan fingerprint density at radius 2 is 2.06 bits per heavy atom. The van der Waals surface area contributed by atoms with Gasteiger partial charge in [-0.05, 0) is 31.2 Å². The summed E-state index contributed by atoms with van der Waals surface area (Å²) in [5, 5.41) is 13.8. The summed E-state index contributed by atoms with van der Waals surface area (Å²) in [5.41, 5.74) is 1.06. The van der Waals surface area contributed by atoms with Crippen molar-refractivity contribution in [1.82, 2.24) is 14.9 Å². The van der Waals surface area contributed by atoms with E-state index >= 15 is 4.39 Å². The summed E-state index contributed by atoms with van der Waals surface area (Å²) in [6, 6.07) is 12.4. The van der Waals surface area contributed by atoms with Crippen LogP contribution in [0.1, 0.15) is 17.3 Å². The van der Waals surface area contributed by atoms with Crippen LogP contribution in [0.15, 0.2) is 59.7 Å². The second-order valence-electron chi connectivity index (χ2n) is 8.06. The molecule has 0 spiro atoms. The average molecular weight is 432 g/mol. The molecule has 7 nitrogen and oxygen atoms in total. The first-order valence-electron chi connectivity index (χ1n) is 10.4. The van der Waals surface area contributed by atoms with Crippen molar-refractivity contribution < 1.29 is 14.3 Å². The molecule has 2 aromatic heterocycles. The van der Waals surface area contributed by atoms with Gasteiger partial charge >= 0.3 is 5.97 Å². The number of benzene rings is 2. The van der Waals surface area contributed by atoms with E-state index in [1.165, 1.54) is 6.20 Å². The monoisotopic (exact) mass is 432 g/mol. The molecule has 8 heteroatoms. The minimum absolute atomic E-state index is 0.0162. The molecule has 1 saturated heterocycles. The quantitative estimate of drug-likeness (QED) is 0.517. The molecule has 2 aromatic carbocycles. The van der Waals surface area contributed by atoms with Gasteiger partial charge in [0, 0.05) is 42.6 Å². The van der Waals surface area contributed by atoms with Crippen LogP contribution in [0, 0.1) is 5.82 Å². The standard InChI is InChI=1S/C24H21FN4O3/c1-14-12-28(7-6-26-14)22-10-21-17(9-19(22)25)23(30)18(24(31)32)13-29(21)16-8-15-4-2-3-5-20(15)27-11-16/h2-5,8-11,13-14,26H,6-7,12H2,1H3,(H,31,32). The number of carboxylic acid groups (broad SMARTS) is 1.